The molecule has 0 radical (unpaired) electrons. The van der Waals surface area contributed by atoms with Crippen LogP contribution in [0.25, 0.3) is 17.0 Å². The van der Waals surface area contributed by atoms with Crippen molar-refractivity contribution in [3.05, 3.63) is 93.9 Å². The average molecular weight is 491 g/mol. The SMILES string of the molecule is C[n+]1cc(Cl)c(CN(CCc2c[nH]c3ccccc23)C2CCc3cc(C=CC(=O)NO)ccc32)[nH]1. The molecule has 1 atom stereocenters. The van der Waals surface area contributed by atoms with Crippen LogP contribution in [-0.4, -0.2) is 32.6 Å². The van der Waals surface area contributed by atoms with Crippen molar-refractivity contribution in [2.75, 3.05) is 6.54 Å². The van der Waals surface area contributed by atoms with Gasteiger partial charge in [0.2, 0.25) is 6.20 Å². The van der Waals surface area contributed by atoms with Crippen LogP contribution in [0.3, 0.4) is 0 Å². The zero-order valence-electron chi connectivity index (χ0n) is 19.6. The van der Waals surface area contributed by atoms with Crippen LogP contribution in [0, 0.1) is 0 Å². The maximum Gasteiger partial charge on any atom is 0.267 e. The Morgan fingerprint density at radius 3 is 2.97 bits per heavy atom. The predicted molar refractivity (Wildman–Crippen MR) is 136 cm³/mol. The summed E-state index contributed by atoms with van der Waals surface area (Å²) < 4.78 is 1.89. The fraction of sp³-hybridized carbons (Fsp3) is 0.259. The molecule has 2 aromatic carbocycles. The first-order valence-electron chi connectivity index (χ1n) is 11.8. The van der Waals surface area contributed by atoms with E-state index in [2.05, 4.69) is 57.6 Å². The molecule has 0 bridgehead atoms. The van der Waals surface area contributed by atoms with Gasteiger partial charge in [0.1, 0.15) is 10.7 Å². The maximum atomic E-state index is 11.3. The van der Waals surface area contributed by atoms with Crippen LogP contribution in [0.15, 0.2) is 60.9 Å². The number of nitrogens with zero attached hydrogens (tertiary/aromatic N) is 2. The molecule has 1 aliphatic carbocycles. The molecule has 0 spiro atoms. The van der Waals surface area contributed by atoms with Gasteiger partial charge in [-0.05, 0) is 53.7 Å². The molecule has 1 aliphatic rings. The van der Waals surface area contributed by atoms with E-state index < -0.39 is 5.91 Å². The van der Waals surface area contributed by atoms with Gasteiger partial charge in [-0.2, -0.15) is 5.10 Å². The number of hydrogen-bond acceptors (Lipinski definition) is 3. The quantitative estimate of drug-likeness (QED) is 0.129. The summed E-state index contributed by atoms with van der Waals surface area (Å²) in [7, 11) is 1.95. The van der Waals surface area contributed by atoms with Crippen LogP contribution >= 0.6 is 11.6 Å². The number of para-hydroxylation sites is 1. The van der Waals surface area contributed by atoms with Crippen molar-refractivity contribution in [2.45, 2.75) is 31.8 Å². The van der Waals surface area contributed by atoms with Crippen molar-refractivity contribution >= 4 is 34.5 Å². The number of aromatic nitrogens is 3. The van der Waals surface area contributed by atoms with Gasteiger partial charge in [-0.25, -0.2) is 5.48 Å². The van der Waals surface area contributed by atoms with Crippen LogP contribution in [0.4, 0.5) is 0 Å². The molecule has 2 heterocycles. The van der Waals surface area contributed by atoms with E-state index in [0.29, 0.717) is 0 Å². The first-order valence-corrected chi connectivity index (χ1v) is 12.2. The number of benzene rings is 2. The smallest absolute Gasteiger partial charge is 0.267 e. The molecule has 0 fully saturated rings. The highest BCUT2D eigenvalue weighted by Gasteiger charge is 2.29. The average Bonchev–Trinajstić information content (AvgIpc) is 3.56. The third-order valence-corrected chi connectivity index (χ3v) is 7.13. The number of carbonyl (C=O) groups is 1. The predicted octanol–water partition coefficient (Wildman–Crippen LogP) is 4.22. The van der Waals surface area contributed by atoms with E-state index in [1.54, 1.807) is 11.6 Å². The van der Waals surface area contributed by atoms with Crippen molar-refractivity contribution in [2.24, 2.45) is 7.05 Å². The Labute approximate surface area is 209 Å². The Morgan fingerprint density at radius 2 is 2.17 bits per heavy atom. The van der Waals surface area contributed by atoms with Crippen molar-refractivity contribution in [3.8, 4) is 0 Å². The molecule has 4 N–H and O–H groups in total. The molecule has 8 heteroatoms. The Morgan fingerprint density at radius 1 is 1.31 bits per heavy atom. The fourth-order valence-corrected chi connectivity index (χ4v) is 5.36. The fourth-order valence-electron chi connectivity index (χ4n) is 5.12. The third kappa shape index (κ3) is 5.03. The van der Waals surface area contributed by atoms with E-state index in [4.69, 9.17) is 16.8 Å². The largest absolute Gasteiger partial charge is 0.361 e. The monoisotopic (exact) mass is 490 g/mol. The van der Waals surface area contributed by atoms with Gasteiger partial charge in [0, 0.05) is 42.3 Å². The van der Waals surface area contributed by atoms with E-state index >= 15 is 0 Å². The summed E-state index contributed by atoms with van der Waals surface area (Å²) >= 11 is 6.53. The van der Waals surface area contributed by atoms with Gasteiger partial charge < -0.3 is 4.98 Å². The lowest BCUT2D eigenvalue weighted by molar-refractivity contribution is -0.727. The summed E-state index contributed by atoms with van der Waals surface area (Å²) in [6, 6.07) is 15.0. The number of hydrogen-bond donors (Lipinski definition) is 4. The molecule has 0 saturated carbocycles. The number of hydroxylamine groups is 1. The minimum absolute atomic E-state index is 0.277. The Balaban J connectivity index is 1.40. The summed E-state index contributed by atoms with van der Waals surface area (Å²) in [6.45, 7) is 1.62. The summed E-state index contributed by atoms with van der Waals surface area (Å²) in [4.78, 5) is 17.2. The van der Waals surface area contributed by atoms with Crippen LogP contribution in [-0.2, 0) is 31.2 Å². The van der Waals surface area contributed by atoms with Crippen molar-refractivity contribution in [1.82, 2.24) is 20.5 Å². The number of H-pyrrole nitrogens is 2. The topological polar surface area (TPSA) is 88.0 Å². The molecule has 1 amide bonds. The molecule has 4 aromatic rings. The van der Waals surface area contributed by atoms with Crippen LogP contribution in [0.1, 0.15) is 40.4 Å². The first-order chi connectivity index (χ1) is 17.0. The lowest BCUT2D eigenvalue weighted by Gasteiger charge is -2.29. The summed E-state index contributed by atoms with van der Waals surface area (Å²) in [6.07, 6.45) is 9.99. The summed E-state index contributed by atoms with van der Waals surface area (Å²) in [5, 5.41) is 14.1. The van der Waals surface area contributed by atoms with Gasteiger partial charge in [-0.3, -0.25) is 14.9 Å². The number of amides is 1. The highest BCUT2D eigenvalue weighted by atomic mass is 35.5. The third-order valence-electron chi connectivity index (χ3n) is 6.80. The van der Waals surface area contributed by atoms with E-state index in [9.17, 15) is 4.79 Å². The lowest BCUT2D eigenvalue weighted by atomic mass is 10.0. The Kier molecular flexibility index (Phi) is 6.72. The van der Waals surface area contributed by atoms with E-state index in [-0.39, 0.29) is 6.04 Å². The number of aromatic amines is 2. The molecular weight excluding hydrogens is 462 g/mol. The number of rotatable bonds is 8. The minimum atomic E-state index is -0.539. The number of aryl methyl sites for hydroxylation is 2. The van der Waals surface area contributed by atoms with Gasteiger partial charge in [0.25, 0.3) is 5.91 Å². The molecule has 35 heavy (non-hydrogen) atoms. The van der Waals surface area contributed by atoms with Gasteiger partial charge >= 0.3 is 0 Å². The van der Waals surface area contributed by atoms with Crippen LogP contribution < -0.4 is 10.2 Å². The normalized spacial score (nSPS) is 15.4. The number of halogens is 1. The number of nitrogens with one attached hydrogen (secondary N) is 3. The van der Waals surface area contributed by atoms with Crippen molar-refractivity contribution in [1.29, 1.82) is 0 Å². The highest BCUT2D eigenvalue weighted by Crippen LogP contribution is 2.38. The van der Waals surface area contributed by atoms with E-state index in [1.807, 2.05) is 24.0 Å². The summed E-state index contributed by atoms with van der Waals surface area (Å²) in [5.74, 6) is -0.539. The molecule has 0 saturated heterocycles. The Hall–Kier alpha value is -3.39. The van der Waals surface area contributed by atoms with E-state index in [0.717, 1.165) is 54.1 Å². The second-order valence-electron chi connectivity index (χ2n) is 9.08. The van der Waals surface area contributed by atoms with Crippen molar-refractivity contribution in [3.63, 3.8) is 0 Å². The molecule has 5 rings (SSSR count). The summed E-state index contributed by atoms with van der Waals surface area (Å²) in [5.41, 5.74) is 8.67. The first kappa shape index (κ1) is 23.4. The molecular formula is C27H29ClN5O2+. The standard InChI is InChI=1S/C27H28ClN5O2/c1-32-16-23(28)25(30-32)17-33(13-12-20-15-29-24-5-3-2-4-21(20)24)26-10-8-19-14-18(6-9-22(19)26)7-11-27(34)31-35/h2-7,9,11,14-16,26,29H,8,10,12-13,17H2,1H3,(H2,31,34,35)/p+1. The number of carbonyl (C=O) groups excluding carboxylic acids is 1. The number of fused-ring (bicyclic) bond motifs is 2. The van der Waals surface area contributed by atoms with Gasteiger partial charge in [-0.1, -0.05) is 48.0 Å². The van der Waals surface area contributed by atoms with Gasteiger partial charge in [0.15, 0.2) is 7.05 Å². The maximum absolute atomic E-state index is 11.3. The molecule has 7 nitrogen and oxygen atoms in total. The second-order valence-corrected chi connectivity index (χ2v) is 9.49. The zero-order chi connectivity index (χ0) is 24.4. The van der Waals surface area contributed by atoms with Crippen LogP contribution in [0.2, 0.25) is 5.02 Å². The highest BCUT2D eigenvalue weighted by molar-refractivity contribution is 6.31. The zero-order valence-corrected chi connectivity index (χ0v) is 20.3. The molecule has 0 aliphatic heterocycles. The second kappa shape index (κ2) is 10.1. The Bertz CT molecular complexity index is 1390. The lowest BCUT2D eigenvalue weighted by Crippen LogP contribution is -2.32. The molecule has 2 aromatic heterocycles. The van der Waals surface area contributed by atoms with Crippen molar-refractivity contribution < 1.29 is 14.7 Å². The molecule has 180 valence electrons. The van der Waals surface area contributed by atoms with E-state index in [1.165, 1.54) is 28.2 Å². The van der Waals surface area contributed by atoms with Gasteiger partial charge in [-0.15, -0.1) is 4.68 Å². The van der Waals surface area contributed by atoms with Gasteiger partial charge in [0.05, 0.1) is 0 Å². The van der Waals surface area contributed by atoms with Crippen LogP contribution in [0.5, 0.6) is 0 Å². The minimum Gasteiger partial charge on any atom is -0.361 e. The molecule has 1 unspecified atom stereocenters.